The van der Waals surface area contributed by atoms with Crippen molar-refractivity contribution < 1.29 is 9.36 Å². The highest BCUT2D eigenvalue weighted by molar-refractivity contribution is 5.76. The smallest absolute Gasteiger partial charge is 0.264 e. The van der Waals surface area contributed by atoms with Crippen LogP contribution in [0.15, 0.2) is 67.3 Å². The molecule has 0 saturated carbocycles. The van der Waals surface area contributed by atoms with E-state index in [9.17, 15) is 4.79 Å². The van der Waals surface area contributed by atoms with E-state index in [2.05, 4.69) is 9.80 Å². The van der Waals surface area contributed by atoms with Crippen LogP contribution >= 0.6 is 0 Å². The topological polar surface area (TPSA) is 87.6 Å². The maximum absolute atomic E-state index is 13.2. The summed E-state index contributed by atoms with van der Waals surface area (Å²) in [7, 11) is 1.95. The lowest BCUT2D eigenvalue weighted by molar-refractivity contribution is -0.671. The fraction of sp³-hybridized carbons (Fsp3) is 0.333. The first-order chi connectivity index (χ1) is 15.5. The number of hydrogen-bond acceptors (Lipinski definition) is 5. The molecule has 32 heavy (non-hydrogen) atoms. The molecule has 3 aromatic rings. The Morgan fingerprint density at radius 1 is 0.812 bits per heavy atom. The van der Waals surface area contributed by atoms with Crippen LogP contribution in [0.3, 0.4) is 0 Å². The Kier molecular flexibility index (Phi) is 6.49. The lowest BCUT2D eigenvalue weighted by Gasteiger charge is -2.28. The van der Waals surface area contributed by atoms with Gasteiger partial charge < -0.3 is 26.2 Å². The van der Waals surface area contributed by atoms with Crippen LogP contribution in [0.4, 0.5) is 22.7 Å². The van der Waals surface area contributed by atoms with Gasteiger partial charge in [0.2, 0.25) is 6.33 Å². The highest BCUT2D eigenvalue weighted by Crippen LogP contribution is 2.20. The monoisotopic (exact) mass is 434 g/mol. The largest absolute Gasteiger partial charge is 0.399 e. The molecule has 1 fully saturated rings. The van der Waals surface area contributed by atoms with Crippen LogP contribution in [0.1, 0.15) is 0 Å². The van der Waals surface area contributed by atoms with Gasteiger partial charge in [0, 0.05) is 62.0 Å². The second kappa shape index (κ2) is 9.64. The Morgan fingerprint density at radius 3 is 1.72 bits per heavy atom. The summed E-state index contributed by atoms with van der Waals surface area (Å²) < 4.78 is 3.86. The second-order valence-electron chi connectivity index (χ2n) is 8.29. The maximum atomic E-state index is 13.2. The first kappa shape index (κ1) is 21.5. The van der Waals surface area contributed by atoms with E-state index in [4.69, 9.17) is 11.5 Å². The van der Waals surface area contributed by atoms with Gasteiger partial charge in [-0.3, -0.25) is 4.79 Å². The average molecular weight is 435 g/mol. The summed E-state index contributed by atoms with van der Waals surface area (Å²) in [6.45, 7) is 4.92. The van der Waals surface area contributed by atoms with E-state index in [-0.39, 0.29) is 5.91 Å². The van der Waals surface area contributed by atoms with Crippen molar-refractivity contribution in [1.82, 2.24) is 9.47 Å². The molecule has 2 aromatic carbocycles. The molecule has 0 unspecified atom stereocenters. The van der Waals surface area contributed by atoms with E-state index in [1.807, 2.05) is 88.3 Å². The molecule has 8 heteroatoms. The molecule has 1 amide bonds. The van der Waals surface area contributed by atoms with E-state index in [0.29, 0.717) is 19.6 Å². The van der Waals surface area contributed by atoms with Gasteiger partial charge in [-0.25, -0.2) is 9.13 Å². The van der Waals surface area contributed by atoms with E-state index >= 15 is 0 Å². The molecule has 4 rings (SSSR count). The van der Waals surface area contributed by atoms with Gasteiger partial charge in [-0.05, 0) is 48.5 Å². The van der Waals surface area contributed by atoms with E-state index < -0.39 is 0 Å². The molecule has 1 saturated heterocycles. The summed E-state index contributed by atoms with van der Waals surface area (Å²) in [6.07, 6.45) is 5.79. The van der Waals surface area contributed by atoms with Gasteiger partial charge in [0.05, 0.1) is 7.05 Å². The molecule has 8 nitrogen and oxygen atoms in total. The minimum Gasteiger partial charge on any atom is -0.399 e. The number of aromatic nitrogens is 2. The van der Waals surface area contributed by atoms with Crippen molar-refractivity contribution in [2.75, 3.05) is 60.5 Å². The van der Waals surface area contributed by atoms with Crippen molar-refractivity contribution in [2.24, 2.45) is 7.05 Å². The molecule has 1 aliphatic rings. The van der Waals surface area contributed by atoms with Crippen molar-refractivity contribution >= 4 is 28.7 Å². The van der Waals surface area contributed by atoms with Crippen LogP contribution in [-0.2, 0) is 18.4 Å². The number of carbonyl (C=O) groups is 1. The third kappa shape index (κ3) is 5.32. The Morgan fingerprint density at radius 2 is 1.28 bits per heavy atom. The zero-order chi connectivity index (χ0) is 22.5. The van der Waals surface area contributed by atoms with Crippen LogP contribution in [-0.4, -0.2) is 54.6 Å². The second-order valence-corrected chi connectivity index (χ2v) is 8.29. The predicted molar refractivity (Wildman–Crippen MR) is 128 cm³/mol. The summed E-state index contributed by atoms with van der Waals surface area (Å²) in [5.74, 6) is 0.123. The highest BCUT2D eigenvalue weighted by Gasteiger charge is 2.22. The van der Waals surface area contributed by atoms with Crippen LogP contribution in [0.25, 0.3) is 0 Å². The van der Waals surface area contributed by atoms with Crippen molar-refractivity contribution in [3.8, 4) is 0 Å². The normalized spacial score (nSPS) is 15.2. The van der Waals surface area contributed by atoms with Gasteiger partial charge >= 0.3 is 0 Å². The van der Waals surface area contributed by atoms with E-state index in [1.165, 1.54) is 0 Å². The number of rotatable bonds is 4. The maximum Gasteiger partial charge on any atom is 0.264 e. The van der Waals surface area contributed by atoms with Crippen LogP contribution in [0, 0.1) is 0 Å². The standard InChI is InChI=1S/C24H32N7O/c1-27-10-11-28(19-27)18-24(32)31-16-14-29(22-6-2-20(25)3-7-22)12-13-30(15-17-31)23-8-4-21(26)5-9-23/h2-11,19H,12-18,25-26H2,1H3/q+1. The minimum absolute atomic E-state index is 0.123. The quantitative estimate of drug-likeness (QED) is 0.478. The molecule has 4 N–H and O–H groups in total. The summed E-state index contributed by atoms with van der Waals surface area (Å²) in [4.78, 5) is 19.8. The third-order valence-corrected chi connectivity index (χ3v) is 5.93. The number of nitrogens with zero attached hydrogens (tertiary/aromatic N) is 5. The first-order valence-corrected chi connectivity index (χ1v) is 11.0. The van der Waals surface area contributed by atoms with Crippen molar-refractivity contribution in [3.63, 3.8) is 0 Å². The van der Waals surface area contributed by atoms with Crippen molar-refractivity contribution in [1.29, 1.82) is 0 Å². The Hall–Kier alpha value is -3.68. The van der Waals surface area contributed by atoms with Crippen molar-refractivity contribution in [3.05, 3.63) is 67.3 Å². The Labute approximate surface area is 189 Å². The molecular weight excluding hydrogens is 402 g/mol. The fourth-order valence-electron chi connectivity index (χ4n) is 4.05. The number of anilines is 4. The zero-order valence-corrected chi connectivity index (χ0v) is 18.6. The number of carbonyl (C=O) groups excluding carboxylic acids is 1. The van der Waals surface area contributed by atoms with Gasteiger partial charge in [-0.2, -0.15) is 0 Å². The Balaban J connectivity index is 1.55. The number of nitrogens with two attached hydrogens (primary N) is 2. The molecule has 0 spiro atoms. The van der Waals surface area contributed by atoms with Crippen molar-refractivity contribution in [2.45, 2.75) is 6.54 Å². The number of amides is 1. The average Bonchev–Trinajstić information content (AvgIpc) is 3.23. The summed E-state index contributed by atoms with van der Waals surface area (Å²) in [6, 6.07) is 15.9. The minimum atomic E-state index is 0.123. The fourth-order valence-corrected chi connectivity index (χ4v) is 4.05. The number of imidazole rings is 1. The van der Waals surface area contributed by atoms with Crippen LogP contribution < -0.4 is 25.8 Å². The van der Waals surface area contributed by atoms with Gasteiger partial charge in [0.25, 0.3) is 5.91 Å². The van der Waals surface area contributed by atoms with Crippen LogP contribution in [0.5, 0.6) is 0 Å². The lowest BCUT2D eigenvalue weighted by Crippen LogP contribution is -2.41. The molecule has 0 aliphatic carbocycles. The Bertz CT molecular complexity index is 972. The molecule has 2 heterocycles. The number of benzene rings is 2. The molecule has 0 atom stereocenters. The van der Waals surface area contributed by atoms with Gasteiger partial charge in [-0.1, -0.05) is 0 Å². The van der Waals surface area contributed by atoms with Gasteiger partial charge in [-0.15, -0.1) is 0 Å². The molecule has 1 aliphatic heterocycles. The highest BCUT2D eigenvalue weighted by atomic mass is 16.2. The molecule has 0 bridgehead atoms. The summed E-state index contributed by atoms with van der Waals surface area (Å²) >= 11 is 0. The zero-order valence-electron chi connectivity index (χ0n) is 18.6. The summed E-state index contributed by atoms with van der Waals surface area (Å²) in [5.41, 5.74) is 15.5. The SMILES string of the molecule is C[n+]1ccn(CC(=O)N2CCN(c3ccc(N)cc3)CCN(c3ccc(N)cc3)CC2)c1. The third-order valence-electron chi connectivity index (χ3n) is 5.93. The molecule has 1 aromatic heterocycles. The van der Waals surface area contributed by atoms with Gasteiger partial charge in [0.15, 0.2) is 6.54 Å². The molecule has 0 radical (unpaired) electrons. The number of aryl methyl sites for hydroxylation is 1. The number of hydrogen-bond donors (Lipinski definition) is 2. The van der Waals surface area contributed by atoms with Crippen LogP contribution in [0.2, 0.25) is 0 Å². The summed E-state index contributed by atoms with van der Waals surface area (Å²) in [5, 5.41) is 0. The van der Waals surface area contributed by atoms with Gasteiger partial charge in [0.1, 0.15) is 12.4 Å². The molecule has 168 valence electrons. The molecular formula is C24H32N7O+. The van der Waals surface area contributed by atoms with E-state index in [0.717, 1.165) is 48.9 Å². The first-order valence-electron chi connectivity index (χ1n) is 11.0. The predicted octanol–water partition coefficient (Wildman–Crippen LogP) is 1.33. The van der Waals surface area contributed by atoms with E-state index in [1.54, 1.807) is 0 Å². The number of nitrogen functional groups attached to an aromatic ring is 2. The lowest BCUT2D eigenvalue weighted by atomic mass is 10.2.